The van der Waals surface area contributed by atoms with Crippen molar-refractivity contribution >= 4 is 43.5 Å². The summed E-state index contributed by atoms with van der Waals surface area (Å²) in [4.78, 5) is 10.4. The monoisotopic (exact) mass is 690 g/mol. The first kappa shape index (κ1) is 30.8. The van der Waals surface area contributed by atoms with E-state index in [1.807, 2.05) is 30.3 Å². The van der Waals surface area contributed by atoms with Gasteiger partial charge in [0, 0.05) is 32.9 Å². The summed E-state index contributed by atoms with van der Waals surface area (Å²) in [5.74, 6) is 0.695. The van der Waals surface area contributed by atoms with E-state index in [4.69, 9.17) is 14.4 Å². The fourth-order valence-corrected chi connectivity index (χ4v) is 8.89. The largest absolute Gasteiger partial charge is 0.456 e. The summed E-state index contributed by atoms with van der Waals surface area (Å²) in [6, 6.07) is 60.6. The van der Waals surface area contributed by atoms with Crippen LogP contribution >= 0.6 is 0 Å². The Kier molecular flexibility index (Phi) is 6.60. The molecule has 0 fully saturated rings. The number of benzene rings is 8. The van der Waals surface area contributed by atoms with E-state index in [0.29, 0.717) is 5.82 Å². The third kappa shape index (κ3) is 4.61. The van der Waals surface area contributed by atoms with Crippen molar-refractivity contribution in [1.29, 1.82) is 0 Å². The Morgan fingerprint density at radius 3 is 1.91 bits per heavy atom. The fraction of sp³-hybridized carbons (Fsp3) is 0.0588. The zero-order chi connectivity index (χ0) is 36.0. The van der Waals surface area contributed by atoms with Gasteiger partial charge in [-0.25, -0.2) is 9.97 Å². The molecular weight excluding hydrogens is 657 g/mol. The van der Waals surface area contributed by atoms with E-state index < -0.39 is 0 Å². The van der Waals surface area contributed by atoms with Gasteiger partial charge in [0.1, 0.15) is 11.2 Å². The Balaban J connectivity index is 1.08. The van der Waals surface area contributed by atoms with Crippen LogP contribution in [-0.4, -0.2) is 9.97 Å². The molecule has 3 heteroatoms. The number of hydrogen-bond acceptors (Lipinski definition) is 3. The minimum atomic E-state index is -0.0909. The minimum Gasteiger partial charge on any atom is -0.456 e. The van der Waals surface area contributed by atoms with Gasteiger partial charge < -0.3 is 4.42 Å². The topological polar surface area (TPSA) is 38.9 Å². The SMILES string of the molecule is CC1(C)c2ccc(-c3ccc(-c4cc(-c5ccc6oc7ccccc7c6c5)nc(-c5ccccc5)n4)c4ccccc34)cc2-c2ccc3ccccc3c21. The highest BCUT2D eigenvalue weighted by atomic mass is 16.3. The summed E-state index contributed by atoms with van der Waals surface area (Å²) in [6.45, 7) is 4.73. The molecule has 10 aromatic rings. The molecule has 0 radical (unpaired) electrons. The number of furan rings is 1. The van der Waals surface area contributed by atoms with Crippen LogP contribution in [0.25, 0.3) is 99.6 Å². The maximum atomic E-state index is 6.16. The van der Waals surface area contributed by atoms with E-state index in [1.54, 1.807) is 0 Å². The maximum Gasteiger partial charge on any atom is 0.160 e. The lowest BCUT2D eigenvalue weighted by Gasteiger charge is -2.23. The van der Waals surface area contributed by atoms with Crippen LogP contribution in [0, 0.1) is 0 Å². The molecule has 54 heavy (non-hydrogen) atoms. The quantitative estimate of drug-likeness (QED) is 0.184. The lowest BCUT2D eigenvalue weighted by atomic mass is 9.80. The van der Waals surface area contributed by atoms with Crippen molar-refractivity contribution in [3.05, 3.63) is 181 Å². The van der Waals surface area contributed by atoms with E-state index in [-0.39, 0.29) is 5.41 Å². The number of rotatable bonds is 4. The Labute approximate surface area is 313 Å². The van der Waals surface area contributed by atoms with Gasteiger partial charge in [-0.1, -0.05) is 147 Å². The summed E-state index contributed by atoms with van der Waals surface area (Å²) in [5.41, 5.74) is 14.3. The fourth-order valence-electron chi connectivity index (χ4n) is 8.89. The van der Waals surface area contributed by atoms with Crippen molar-refractivity contribution in [2.75, 3.05) is 0 Å². The number of para-hydroxylation sites is 1. The second kappa shape index (κ2) is 11.6. The molecule has 1 aliphatic rings. The summed E-state index contributed by atoms with van der Waals surface area (Å²) in [6.07, 6.45) is 0. The third-order valence-corrected chi connectivity index (χ3v) is 11.5. The van der Waals surface area contributed by atoms with Crippen molar-refractivity contribution in [3.8, 4) is 56.2 Å². The summed E-state index contributed by atoms with van der Waals surface area (Å²) in [7, 11) is 0. The van der Waals surface area contributed by atoms with E-state index in [1.165, 1.54) is 49.5 Å². The highest BCUT2D eigenvalue weighted by Gasteiger charge is 2.37. The van der Waals surface area contributed by atoms with Gasteiger partial charge in [0.2, 0.25) is 0 Å². The molecule has 254 valence electrons. The molecular formula is C51H34N2O. The normalized spacial score (nSPS) is 13.1. The Bertz CT molecular complexity index is 3130. The average molecular weight is 691 g/mol. The zero-order valence-electron chi connectivity index (χ0n) is 30.0. The highest BCUT2D eigenvalue weighted by Crippen LogP contribution is 2.52. The van der Waals surface area contributed by atoms with Gasteiger partial charge in [0.05, 0.1) is 11.4 Å². The van der Waals surface area contributed by atoms with Gasteiger partial charge in [0.25, 0.3) is 0 Å². The molecule has 8 aromatic carbocycles. The lowest BCUT2D eigenvalue weighted by molar-refractivity contribution is 0.666. The Morgan fingerprint density at radius 1 is 0.407 bits per heavy atom. The van der Waals surface area contributed by atoms with E-state index >= 15 is 0 Å². The van der Waals surface area contributed by atoms with E-state index in [0.717, 1.165) is 55.4 Å². The maximum absolute atomic E-state index is 6.16. The third-order valence-electron chi connectivity index (χ3n) is 11.5. The molecule has 11 rings (SSSR count). The molecule has 2 heterocycles. The standard InChI is InChI=1S/C51H34N2O/c1-51(2)44-26-21-33(28-42(44)41-23-20-31-12-6-7-15-36(31)49(41)51)35-24-25-39(38-17-9-8-16-37(35)38)46-30-45(52-50(53-46)32-13-4-3-5-14-32)34-22-27-48-43(29-34)40-18-10-11-19-47(40)54-48/h3-30H,1-2H3. The molecule has 3 nitrogen and oxygen atoms in total. The lowest BCUT2D eigenvalue weighted by Crippen LogP contribution is -2.15. The molecule has 0 spiro atoms. The van der Waals surface area contributed by atoms with Crippen LogP contribution in [0.1, 0.15) is 25.0 Å². The van der Waals surface area contributed by atoms with Crippen molar-refractivity contribution in [2.45, 2.75) is 19.3 Å². The zero-order valence-corrected chi connectivity index (χ0v) is 30.0. The van der Waals surface area contributed by atoms with Crippen LogP contribution in [0.4, 0.5) is 0 Å². The van der Waals surface area contributed by atoms with Gasteiger partial charge in [0.15, 0.2) is 5.82 Å². The van der Waals surface area contributed by atoms with Crippen molar-refractivity contribution < 1.29 is 4.42 Å². The first-order valence-corrected chi connectivity index (χ1v) is 18.6. The van der Waals surface area contributed by atoms with Crippen LogP contribution in [0.15, 0.2) is 174 Å². The van der Waals surface area contributed by atoms with Crippen molar-refractivity contribution in [1.82, 2.24) is 9.97 Å². The van der Waals surface area contributed by atoms with E-state index in [2.05, 4.69) is 153 Å². The summed E-state index contributed by atoms with van der Waals surface area (Å²) < 4.78 is 6.16. The number of nitrogens with zero attached hydrogens (tertiary/aromatic N) is 2. The second-order valence-corrected chi connectivity index (χ2v) is 14.9. The van der Waals surface area contributed by atoms with Crippen molar-refractivity contribution in [3.63, 3.8) is 0 Å². The predicted octanol–water partition coefficient (Wildman–Crippen LogP) is 13.7. The average Bonchev–Trinajstić information content (AvgIpc) is 3.71. The summed E-state index contributed by atoms with van der Waals surface area (Å²) >= 11 is 0. The van der Waals surface area contributed by atoms with Crippen LogP contribution in [0.3, 0.4) is 0 Å². The Hall–Kier alpha value is -6.84. The predicted molar refractivity (Wildman–Crippen MR) is 224 cm³/mol. The molecule has 0 unspecified atom stereocenters. The molecule has 0 saturated heterocycles. The van der Waals surface area contributed by atoms with Gasteiger partial charge >= 0.3 is 0 Å². The molecule has 0 aliphatic heterocycles. The summed E-state index contributed by atoms with van der Waals surface area (Å²) in [5, 5.41) is 7.15. The first-order chi connectivity index (χ1) is 26.5. The molecule has 0 N–H and O–H groups in total. The van der Waals surface area contributed by atoms with Crippen LogP contribution < -0.4 is 0 Å². The molecule has 1 aliphatic carbocycles. The molecule has 0 atom stereocenters. The second-order valence-electron chi connectivity index (χ2n) is 14.9. The van der Waals surface area contributed by atoms with Crippen LogP contribution in [0.2, 0.25) is 0 Å². The van der Waals surface area contributed by atoms with Gasteiger partial charge in [-0.2, -0.15) is 0 Å². The molecule has 0 saturated carbocycles. The van der Waals surface area contributed by atoms with Gasteiger partial charge in [-0.05, 0) is 91.3 Å². The number of aromatic nitrogens is 2. The van der Waals surface area contributed by atoms with E-state index in [9.17, 15) is 0 Å². The highest BCUT2D eigenvalue weighted by molar-refractivity contribution is 6.08. The van der Waals surface area contributed by atoms with Crippen LogP contribution in [0.5, 0.6) is 0 Å². The molecule has 0 amide bonds. The van der Waals surface area contributed by atoms with Crippen LogP contribution in [-0.2, 0) is 5.41 Å². The molecule has 2 aromatic heterocycles. The van der Waals surface area contributed by atoms with Gasteiger partial charge in [-0.15, -0.1) is 0 Å². The smallest absolute Gasteiger partial charge is 0.160 e. The minimum absolute atomic E-state index is 0.0909. The van der Waals surface area contributed by atoms with Gasteiger partial charge in [-0.3, -0.25) is 0 Å². The van der Waals surface area contributed by atoms with Crippen molar-refractivity contribution in [2.24, 2.45) is 0 Å². The first-order valence-electron chi connectivity index (χ1n) is 18.6. The number of fused-ring (bicyclic) bond motifs is 9. The number of hydrogen-bond donors (Lipinski definition) is 0. The Morgan fingerprint density at radius 2 is 1.06 bits per heavy atom. The molecule has 0 bridgehead atoms.